The summed E-state index contributed by atoms with van der Waals surface area (Å²) in [7, 11) is 0. The first kappa shape index (κ1) is 29.0. The molecular formula is C32H37ClN2O6. The monoisotopic (exact) mass is 580 g/mol. The number of amides is 2. The van der Waals surface area contributed by atoms with E-state index in [9.17, 15) is 19.5 Å². The maximum Gasteiger partial charge on any atom is 0.306 e. The van der Waals surface area contributed by atoms with Crippen molar-refractivity contribution in [2.24, 2.45) is 11.8 Å². The highest BCUT2D eigenvalue weighted by atomic mass is 35.5. The fraction of sp³-hybridized carbons (Fsp3) is 0.469. The molecule has 0 bridgehead atoms. The first-order valence-electron chi connectivity index (χ1n) is 14.4. The minimum Gasteiger partial charge on any atom is -0.481 e. The molecule has 1 aromatic rings. The number of piperidine rings is 1. The molecule has 2 amide bonds. The van der Waals surface area contributed by atoms with Crippen molar-refractivity contribution < 1.29 is 29.0 Å². The number of benzene rings is 1. The van der Waals surface area contributed by atoms with Gasteiger partial charge in [-0.25, -0.2) is 0 Å². The summed E-state index contributed by atoms with van der Waals surface area (Å²) in [4.78, 5) is 42.2. The van der Waals surface area contributed by atoms with Crippen LogP contribution in [0, 0.1) is 11.8 Å². The molecule has 3 aliphatic heterocycles. The van der Waals surface area contributed by atoms with Crippen LogP contribution in [-0.2, 0) is 23.9 Å². The number of nitrogens with zero attached hydrogens (tertiary/aromatic N) is 2. The second-order valence-electron chi connectivity index (χ2n) is 11.6. The summed E-state index contributed by atoms with van der Waals surface area (Å²) in [6.07, 6.45) is 12.6. The molecule has 218 valence electrons. The number of aliphatic carboxylic acids is 1. The maximum atomic E-state index is 14.1. The van der Waals surface area contributed by atoms with E-state index in [-0.39, 0.29) is 30.8 Å². The van der Waals surface area contributed by atoms with Crippen molar-refractivity contribution in [1.29, 1.82) is 0 Å². The number of allylic oxidation sites excluding steroid dienone is 4. The average molecular weight is 581 g/mol. The zero-order valence-corrected chi connectivity index (χ0v) is 24.3. The summed E-state index contributed by atoms with van der Waals surface area (Å²) in [6.45, 7) is 5.03. The SMILES string of the molecule is CC(C)CC1C(=O)N(CC(=O)N2CCC(C(=O)O)CC2)CC(C2=COC(C3=CC=CCC3)=CO2)c2cc(Cl)ccc21. The molecule has 2 unspecified atom stereocenters. The van der Waals surface area contributed by atoms with Crippen molar-refractivity contribution in [2.75, 3.05) is 26.2 Å². The van der Waals surface area contributed by atoms with Crippen molar-refractivity contribution >= 4 is 29.4 Å². The van der Waals surface area contributed by atoms with Crippen LogP contribution >= 0.6 is 11.6 Å². The second-order valence-corrected chi connectivity index (χ2v) is 12.1. The molecule has 1 fully saturated rings. The third-order valence-electron chi connectivity index (χ3n) is 8.32. The number of carbonyl (C=O) groups is 3. The Labute approximate surface area is 245 Å². The van der Waals surface area contributed by atoms with Crippen LogP contribution in [0.15, 0.2) is 66.0 Å². The van der Waals surface area contributed by atoms with Gasteiger partial charge in [0.2, 0.25) is 11.8 Å². The molecule has 0 saturated carbocycles. The van der Waals surface area contributed by atoms with Gasteiger partial charge in [-0.1, -0.05) is 49.7 Å². The molecular weight excluding hydrogens is 544 g/mol. The van der Waals surface area contributed by atoms with Crippen LogP contribution in [0.1, 0.15) is 68.9 Å². The van der Waals surface area contributed by atoms with Gasteiger partial charge < -0.3 is 24.4 Å². The summed E-state index contributed by atoms with van der Waals surface area (Å²) < 4.78 is 12.2. The van der Waals surface area contributed by atoms with Gasteiger partial charge in [-0.15, -0.1) is 0 Å². The lowest BCUT2D eigenvalue weighted by atomic mass is 9.84. The number of fused-ring (bicyclic) bond motifs is 1. The quantitative estimate of drug-likeness (QED) is 0.443. The summed E-state index contributed by atoms with van der Waals surface area (Å²) in [5.74, 6) is -0.937. The highest BCUT2D eigenvalue weighted by Gasteiger charge is 2.39. The van der Waals surface area contributed by atoms with E-state index in [4.69, 9.17) is 21.1 Å². The number of carboxylic acid groups (broad SMARTS) is 1. The summed E-state index contributed by atoms with van der Waals surface area (Å²) in [6, 6.07) is 5.61. The number of carbonyl (C=O) groups excluding carboxylic acids is 2. The molecule has 0 radical (unpaired) electrons. The summed E-state index contributed by atoms with van der Waals surface area (Å²) in [5, 5.41) is 9.90. The number of rotatable bonds is 7. The molecule has 1 aromatic carbocycles. The van der Waals surface area contributed by atoms with Crippen LogP contribution in [0.5, 0.6) is 0 Å². The molecule has 2 atom stereocenters. The van der Waals surface area contributed by atoms with Gasteiger partial charge in [0.05, 0.1) is 24.3 Å². The molecule has 0 spiro atoms. The van der Waals surface area contributed by atoms with Crippen molar-refractivity contribution in [1.82, 2.24) is 9.80 Å². The predicted molar refractivity (Wildman–Crippen MR) is 155 cm³/mol. The van der Waals surface area contributed by atoms with Gasteiger partial charge in [0.15, 0.2) is 5.76 Å². The minimum absolute atomic E-state index is 0.0855. The Morgan fingerprint density at radius 2 is 1.90 bits per heavy atom. The van der Waals surface area contributed by atoms with E-state index in [1.54, 1.807) is 28.4 Å². The van der Waals surface area contributed by atoms with Gasteiger partial charge in [0.1, 0.15) is 18.3 Å². The predicted octanol–water partition coefficient (Wildman–Crippen LogP) is 5.72. The van der Waals surface area contributed by atoms with E-state index in [0.717, 1.165) is 29.5 Å². The molecule has 4 aliphatic rings. The van der Waals surface area contributed by atoms with Crippen LogP contribution in [0.25, 0.3) is 0 Å². The normalized spacial score (nSPS) is 23.1. The highest BCUT2D eigenvalue weighted by molar-refractivity contribution is 6.30. The first-order chi connectivity index (χ1) is 19.7. The number of carboxylic acids is 1. The van der Waals surface area contributed by atoms with Crippen molar-refractivity contribution in [3.63, 3.8) is 0 Å². The van der Waals surface area contributed by atoms with E-state index in [0.29, 0.717) is 48.9 Å². The number of hydrogen-bond donors (Lipinski definition) is 1. The number of ether oxygens (including phenoxy) is 2. The third kappa shape index (κ3) is 6.53. The Bertz CT molecular complexity index is 1320. The lowest BCUT2D eigenvalue weighted by Gasteiger charge is -2.33. The molecule has 9 heteroatoms. The van der Waals surface area contributed by atoms with E-state index >= 15 is 0 Å². The second kappa shape index (κ2) is 12.6. The van der Waals surface area contributed by atoms with Crippen LogP contribution in [0.3, 0.4) is 0 Å². The van der Waals surface area contributed by atoms with Crippen molar-refractivity contribution in [2.45, 2.75) is 57.8 Å². The third-order valence-corrected chi connectivity index (χ3v) is 8.56. The van der Waals surface area contributed by atoms with Gasteiger partial charge in [0, 0.05) is 24.7 Å². The Balaban J connectivity index is 1.43. The van der Waals surface area contributed by atoms with E-state index in [1.165, 1.54) is 0 Å². The zero-order chi connectivity index (χ0) is 29.1. The van der Waals surface area contributed by atoms with Crippen LogP contribution in [-0.4, -0.2) is 58.9 Å². The molecule has 1 saturated heterocycles. The molecule has 0 aromatic heterocycles. The fourth-order valence-electron chi connectivity index (χ4n) is 6.07. The average Bonchev–Trinajstić information content (AvgIpc) is 3.08. The van der Waals surface area contributed by atoms with Crippen LogP contribution in [0.4, 0.5) is 0 Å². The highest BCUT2D eigenvalue weighted by Crippen LogP contribution is 2.42. The van der Waals surface area contributed by atoms with Gasteiger partial charge >= 0.3 is 5.97 Å². The van der Waals surface area contributed by atoms with E-state index in [1.807, 2.05) is 24.3 Å². The number of hydrogen-bond acceptors (Lipinski definition) is 5. The summed E-state index contributed by atoms with van der Waals surface area (Å²) in [5.41, 5.74) is 2.83. The van der Waals surface area contributed by atoms with E-state index in [2.05, 4.69) is 19.9 Å². The Kier molecular flexibility index (Phi) is 8.88. The Hall–Kier alpha value is -3.52. The Morgan fingerprint density at radius 1 is 1.12 bits per heavy atom. The van der Waals surface area contributed by atoms with Gasteiger partial charge in [0.25, 0.3) is 0 Å². The molecule has 41 heavy (non-hydrogen) atoms. The van der Waals surface area contributed by atoms with Gasteiger partial charge in [-0.2, -0.15) is 0 Å². The van der Waals surface area contributed by atoms with Gasteiger partial charge in [-0.05, 0) is 66.9 Å². The van der Waals surface area contributed by atoms with Gasteiger partial charge in [-0.3, -0.25) is 14.4 Å². The number of halogens is 1. The molecule has 1 N–H and O–H groups in total. The molecule has 1 aliphatic carbocycles. The largest absolute Gasteiger partial charge is 0.481 e. The van der Waals surface area contributed by atoms with E-state index < -0.39 is 23.7 Å². The fourth-order valence-corrected chi connectivity index (χ4v) is 6.25. The van der Waals surface area contributed by atoms with Crippen molar-refractivity contribution in [3.8, 4) is 0 Å². The lowest BCUT2D eigenvalue weighted by molar-refractivity contribution is -0.147. The minimum atomic E-state index is -0.827. The smallest absolute Gasteiger partial charge is 0.306 e. The first-order valence-corrected chi connectivity index (χ1v) is 14.8. The van der Waals surface area contributed by atoms with Crippen LogP contribution in [0.2, 0.25) is 5.02 Å². The number of likely N-dealkylation sites (tertiary alicyclic amines) is 1. The molecule has 5 rings (SSSR count). The van der Waals surface area contributed by atoms with Crippen molar-refractivity contribution in [3.05, 3.63) is 82.2 Å². The topological polar surface area (TPSA) is 96.4 Å². The molecule has 3 heterocycles. The standard InChI is InChI=1S/C32H37ClN2O6/c1-20(2)14-26-24-9-8-23(33)15-25(24)27(29-19-40-28(18-41-29)21-6-4-3-5-7-21)16-35(31(26)37)17-30(36)34-12-10-22(11-13-34)32(38)39/h3-4,6,8-9,15,18-20,22,26-27H,5,7,10-14,16-17H2,1-2H3,(H,38,39). The Morgan fingerprint density at radius 3 is 2.54 bits per heavy atom. The lowest BCUT2D eigenvalue weighted by Crippen LogP contribution is -2.47. The zero-order valence-electron chi connectivity index (χ0n) is 23.6. The summed E-state index contributed by atoms with van der Waals surface area (Å²) >= 11 is 6.49. The maximum absolute atomic E-state index is 14.1. The molecule has 8 nitrogen and oxygen atoms in total. The van der Waals surface area contributed by atoms with Crippen LogP contribution < -0.4 is 0 Å².